The predicted molar refractivity (Wildman–Crippen MR) is 106 cm³/mol. The molecular weight excluding hydrogens is 362 g/mol. The zero-order valence-corrected chi connectivity index (χ0v) is 16.0. The van der Waals surface area contributed by atoms with E-state index >= 15 is 0 Å². The van der Waals surface area contributed by atoms with E-state index < -0.39 is 17.2 Å². The van der Waals surface area contributed by atoms with Crippen LogP contribution in [0.1, 0.15) is 18.1 Å². The molecule has 1 heterocycles. The largest absolute Gasteiger partial charge is 0.394 e. The molecule has 0 unspecified atom stereocenters. The Morgan fingerprint density at radius 2 is 1.61 bits per heavy atom. The average Bonchev–Trinajstić information content (AvgIpc) is 3.11. The van der Waals surface area contributed by atoms with Crippen molar-refractivity contribution < 1.29 is 19.0 Å². The monoisotopic (exact) mass is 388 g/mol. The molecule has 0 aliphatic carbocycles. The summed E-state index contributed by atoms with van der Waals surface area (Å²) in [6.45, 7) is 2.82. The number of benzene rings is 2. The van der Waals surface area contributed by atoms with Gasteiger partial charge in [0.2, 0.25) is 0 Å². The molecule has 0 radical (unpaired) electrons. The Hall–Kier alpha value is -2.28. The van der Waals surface area contributed by atoms with Gasteiger partial charge in [0.1, 0.15) is 0 Å². The Morgan fingerprint density at radius 3 is 2.29 bits per heavy atom. The van der Waals surface area contributed by atoms with Crippen LogP contribution < -0.4 is 5.32 Å². The number of aliphatic hydroxyl groups excluding tert-OH is 2. The summed E-state index contributed by atoms with van der Waals surface area (Å²) in [5.74, 6) is -1.64. The number of hydrogen-bond acceptors (Lipinski definition) is 3. The lowest BCUT2D eigenvalue weighted by Gasteiger charge is -2.26. The van der Waals surface area contributed by atoms with Gasteiger partial charge < -0.3 is 20.1 Å². The number of fused-ring (bicyclic) bond motifs is 1. The molecule has 4 nitrogen and oxygen atoms in total. The van der Waals surface area contributed by atoms with Crippen LogP contribution in [0.25, 0.3) is 10.9 Å². The van der Waals surface area contributed by atoms with Gasteiger partial charge in [-0.15, -0.1) is 0 Å². The summed E-state index contributed by atoms with van der Waals surface area (Å²) in [6, 6.07) is 12.3. The zero-order valence-electron chi connectivity index (χ0n) is 16.0. The summed E-state index contributed by atoms with van der Waals surface area (Å²) >= 11 is 0. The van der Waals surface area contributed by atoms with Crippen LogP contribution >= 0.6 is 0 Å². The highest BCUT2D eigenvalue weighted by Gasteiger charge is 2.20. The summed E-state index contributed by atoms with van der Waals surface area (Å²) in [7, 11) is 0. The van der Waals surface area contributed by atoms with Crippen molar-refractivity contribution in [2.24, 2.45) is 0 Å². The molecule has 150 valence electrons. The smallest absolute Gasteiger partial charge is 0.159 e. The van der Waals surface area contributed by atoms with E-state index in [-0.39, 0.29) is 13.2 Å². The maximum atomic E-state index is 13.4. The zero-order chi connectivity index (χ0) is 20.1. The van der Waals surface area contributed by atoms with E-state index in [4.69, 9.17) is 0 Å². The van der Waals surface area contributed by atoms with E-state index in [2.05, 4.69) is 28.1 Å². The SMILES string of the molecule is CC(CO)(CO)NCCn1ccc2ccc(CCc3ccc(F)c(F)c3)cc21. The summed E-state index contributed by atoms with van der Waals surface area (Å²) in [5, 5.41) is 23.0. The highest BCUT2D eigenvalue weighted by atomic mass is 19.2. The van der Waals surface area contributed by atoms with E-state index in [0.717, 1.165) is 28.5 Å². The predicted octanol–water partition coefficient (Wildman–Crippen LogP) is 3.04. The second kappa shape index (κ2) is 8.82. The first-order valence-electron chi connectivity index (χ1n) is 9.42. The summed E-state index contributed by atoms with van der Waals surface area (Å²) in [5.41, 5.74) is 2.30. The van der Waals surface area contributed by atoms with Gasteiger partial charge in [0.25, 0.3) is 0 Å². The molecule has 3 N–H and O–H groups in total. The Kier molecular flexibility index (Phi) is 6.44. The number of aryl methyl sites for hydroxylation is 2. The van der Waals surface area contributed by atoms with Crippen molar-refractivity contribution in [2.45, 2.75) is 31.8 Å². The first-order chi connectivity index (χ1) is 13.4. The Labute approximate surface area is 163 Å². The minimum Gasteiger partial charge on any atom is -0.394 e. The van der Waals surface area contributed by atoms with Crippen molar-refractivity contribution in [1.29, 1.82) is 0 Å². The number of halogens is 2. The van der Waals surface area contributed by atoms with Crippen LogP contribution in [0.3, 0.4) is 0 Å². The lowest BCUT2D eigenvalue weighted by Crippen LogP contribution is -2.49. The first-order valence-corrected chi connectivity index (χ1v) is 9.42. The van der Waals surface area contributed by atoms with Crippen molar-refractivity contribution >= 4 is 10.9 Å². The normalized spacial score (nSPS) is 12.0. The summed E-state index contributed by atoms with van der Waals surface area (Å²) < 4.78 is 28.5. The fourth-order valence-corrected chi connectivity index (χ4v) is 3.20. The van der Waals surface area contributed by atoms with Gasteiger partial charge in [-0.2, -0.15) is 0 Å². The van der Waals surface area contributed by atoms with Gasteiger partial charge in [-0.3, -0.25) is 0 Å². The van der Waals surface area contributed by atoms with Crippen LogP contribution in [0.4, 0.5) is 8.78 Å². The number of aliphatic hydroxyl groups is 2. The molecule has 0 aliphatic heterocycles. The number of hydrogen-bond donors (Lipinski definition) is 3. The summed E-state index contributed by atoms with van der Waals surface area (Å²) in [6.07, 6.45) is 3.38. The van der Waals surface area contributed by atoms with Crippen LogP contribution in [0.5, 0.6) is 0 Å². The molecule has 0 amide bonds. The lowest BCUT2D eigenvalue weighted by atomic mass is 10.0. The van der Waals surface area contributed by atoms with Crippen molar-refractivity contribution in [1.82, 2.24) is 9.88 Å². The van der Waals surface area contributed by atoms with Crippen LogP contribution in [0, 0.1) is 11.6 Å². The van der Waals surface area contributed by atoms with Crippen molar-refractivity contribution in [3.05, 3.63) is 71.4 Å². The number of aromatic nitrogens is 1. The lowest BCUT2D eigenvalue weighted by molar-refractivity contribution is 0.104. The minimum absolute atomic E-state index is 0.135. The third kappa shape index (κ3) is 4.76. The van der Waals surface area contributed by atoms with Gasteiger partial charge in [0, 0.05) is 24.8 Å². The van der Waals surface area contributed by atoms with Gasteiger partial charge in [-0.1, -0.05) is 18.2 Å². The van der Waals surface area contributed by atoms with Crippen molar-refractivity contribution in [3.63, 3.8) is 0 Å². The third-order valence-corrected chi connectivity index (χ3v) is 5.13. The second-order valence-corrected chi connectivity index (χ2v) is 7.45. The van der Waals surface area contributed by atoms with Crippen molar-refractivity contribution in [2.75, 3.05) is 19.8 Å². The molecule has 0 aliphatic rings. The molecule has 0 bridgehead atoms. The Morgan fingerprint density at radius 1 is 0.929 bits per heavy atom. The number of nitrogens with zero attached hydrogens (tertiary/aromatic N) is 1. The molecule has 1 aromatic heterocycles. The number of nitrogens with one attached hydrogen (secondary N) is 1. The third-order valence-electron chi connectivity index (χ3n) is 5.13. The Bertz CT molecular complexity index is 935. The van der Waals surface area contributed by atoms with Gasteiger partial charge >= 0.3 is 0 Å². The average molecular weight is 388 g/mol. The molecule has 0 saturated carbocycles. The van der Waals surface area contributed by atoms with Crippen LogP contribution in [0.2, 0.25) is 0 Å². The van der Waals surface area contributed by atoms with Crippen LogP contribution in [-0.4, -0.2) is 40.1 Å². The van der Waals surface area contributed by atoms with Gasteiger partial charge in [-0.05, 0) is 60.5 Å². The highest BCUT2D eigenvalue weighted by Crippen LogP contribution is 2.19. The quantitative estimate of drug-likeness (QED) is 0.528. The van der Waals surface area contributed by atoms with Crippen molar-refractivity contribution in [3.8, 4) is 0 Å². The first kappa shape index (κ1) is 20.5. The molecule has 2 aromatic carbocycles. The van der Waals surface area contributed by atoms with Gasteiger partial charge in [0.15, 0.2) is 11.6 Å². The van der Waals surface area contributed by atoms with E-state index in [9.17, 15) is 19.0 Å². The van der Waals surface area contributed by atoms with Gasteiger partial charge in [-0.25, -0.2) is 8.78 Å². The molecular formula is C22H26F2N2O2. The molecule has 6 heteroatoms. The number of rotatable bonds is 9. The van der Waals surface area contributed by atoms with Gasteiger partial charge in [0.05, 0.1) is 18.8 Å². The Balaban J connectivity index is 1.67. The minimum atomic E-state index is -0.824. The molecule has 0 spiro atoms. The molecule has 3 aromatic rings. The topological polar surface area (TPSA) is 57.4 Å². The maximum absolute atomic E-state index is 13.4. The summed E-state index contributed by atoms with van der Waals surface area (Å²) in [4.78, 5) is 0. The second-order valence-electron chi connectivity index (χ2n) is 7.45. The van der Waals surface area contributed by atoms with E-state index in [1.54, 1.807) is 13.0 Å². The standard InChI is InChI=1S/C22H26F2N2O2/c1-22(14-27,15-28)25-9-11-26-10-8-18-6-4-17(13-21(18)26)3-2-16-5-7-19(23)20(24)12-16/h4-8,10,12-13,25,27-28H,2-3,9,11,14-15H2,1H3. The molecule has 28 heavy (non-hydrogen) atoms. The fourth-order valence-electron chi connectivity index (χ4n) is 3.20. The van der Waals surface area contributed by atoms with E-state index in [0.29, 0.717) is 19.5 Å². The fraction of sp³-hybridized carbons (Fsp3) is 0.364. The van der Waals surface area contributed by atoms with Crippen LogP contribution in [-0.2, 0) is 19.4 Å². The molecule has 0 atom stereocenters. The molecule has 0 fully saturated rings. The van der Waals surface area contributed by atoms with E-state index in [1.807, 2.05) is 12.3 Å². The van der Waals surface area contributed by atoms with Crippen LogP contribution in [0.15, 0.2) is 48.7 Å². The molecule has 0 saturated heterocycles. The van der Waals surface area contributed by atoms with E-state index in [1.165, 1.54) is 12.1 Å². The maximum Gasteiger partial charge on any atom is 0.159 e. The highest BCUT2D eigenvalue weighted by molar-refractivity contribution is 5.80. The molecule has 3 rings (SSSR count).